The number of carbonyl (C=O) groups is 3. The minimum absolute atomic E-state index is 0.108. The van der Waals surface area contributed by atoms with Gasteiger partial charge in [0.2, 0.25) is 0 Å². The molecule has 0 aliphatic heterocycles. The molecule has 0 radical (unpaired) electrons. The van der Waals surface area contributed by atoms with Gasteiger partial charge in [-0.25, -0.2) is 0 Å². The molecule has 1 N–H and O–H groups in total. The van der Waals surface area contributed by atoms with Crippen LogP contribution in [0, 0.1) is 41.5 Å². The molecule has 0 saturated heterocycles. The standard InChI is InChI=1S/C27H30O5/c1-11-12(2)14(4)22-21(13(11)3)25(29)23-15(5)18-9-27(31,17(7)28)10-19(32-8)20(18)16(6)24(23)26(22)30/h19,31H,9-10H2,1-8H3/t19?,27-/m0/s1. The smallest absolute Gasteiger partial charge is 0.195 e. The van der Waals surface area contributed by atoms with Gasteiger partial charge in [-0.2, -0.15) is 0 Å². The van der Waals surface area contributed by atoms with E-state index in [-0.39, 0.29) is 30.2 Å². The van der Waals surface area contributed by atoms with Gasteiger partial charge in [0.05, 0.1) is 6.10 Å². The molecular formula is C27H30O5. The number of fused-ring (bicyclic) bond motifs is 3. The van der Waals surface area contributed by atoms with E-state index in [9.17, 15) is 19.5 Å². The summed E-state index contributed by atoms with van der Waals surface area (Å²) < 4.78 is 5.69. The molecule has 4 rings (SSSR count). The lowest BCUT2D eigenvalue weighted by Gasteiger charge is -2.39. The summed E-state index contributed by atoms with van der Waals surface area (Å²) in [6, 6.07) is 0. The van der Waals surface area contributed by atoms with Crippen molar-refractivity contribution >= 4 is 17.3 Å². The van der Waals surface area contributed by atoms with Gasteiger partial charge in [-0.3, -0.25) is 14.4 Å². The summed E-state index contributed by atoms with van der Waals surface area (Å²) >= 11 is 0. The first-order valence-corrected chi connectivity index (χ1v) is 11.0. The maximum absolute atomic E-state index is 13.9. The van der Waals surface area contributed by atoms with Gasteiger partial charge >= 0.3 is 0 Å². The fraction of sp³-hybridized carbons (Fsp3) is 0.444. The lowest BCUT2D eigenvalue weighted by molar-refractivity contribution is -0.140. The molecule has 0 heterocycles. The number of Topliss-reactive ketones (excluding diaryl/α,β-unsaturated/α-hetero) is 1. The predicted octanol–water partition coefficient (Wildman–Crippen LogP) is 4.27. The van der Waals surface area contributed by atoms with E-state index in [0.717, 1.165) is 33.4 Å². The normalized spacial score (nSPS) is 21.8. The van der Waals surface area contributed by atoms with Crippen LogP contribution in [-0.2, 0) is 16.0 Å². The third-order valence-electron chi connectivity index (χ3n) is 8.03. The van der Waals surface area contributed by atoms with Crippen molar-refractivity contribution in [1.29, 1.82) is 0 Å². The fourth-order valence-electron chi connectivity index (χ4n) is 5.69. The molecule has 2 aromatic rings. The van der Waals surface area contributed by atoms with Crippen LogP contribution in [0.25, 0.3) is 0 Å². The van der Waals surface area contributed by atoms with Crippen molar-refractivity contribution < 1.29 is 24.2 Å². The van der Waals surface area contributed by atoms with Crippen molar-refractivity contribution in [1.82, 2.24) is 0 Å². The Kier molecular flexibility index (Phi) is 5.07. The Morgan fingerprint density at radius 3 is 1.69 bits per heavy atom. The lowest BCUT2D eigenvalue weighted by Crippen LogP contribution is -2.45. The van der Waals surface area contributed by atoms with Crippen LogP contribution in [0.5, 0.6) is 0 Å². The van der Waals surface area contributed by atoms with Crippen LogP contribution in [0.3, 0.4) is 0 Å². The number of hydrogen-bond acceptors (Lipinski definition) is 5. The summed E-state index contributed by atoms with van der Waals surface area (Å²) in [7, 11) is 1.54. The molecule has 2 aliphatic carbocycles. The Labute approximate surface area is 188 Å². The number of rotatable bonds is 2. The number of ketones is 3. The van der Waals surface area contributed by atoms with Crippen molar-refractivity contribution in [2.75, 3.05) is 7.11 Å². The van der Waals surface area contributed by atoms with Gasteiger partial charge in [-0.1, -0.05) is 0 Å². The quantitative estimate of drug-likeness (QED) is 0.652. The summed E-state index contributed by atoms with van der Waals surface area (Å²) in [4.78, 5) is 40.0. The Morgan fingerprint density at radius 1 is 0.812 bits per heavy atom. The van der Waals surface area contributed by atoms with Crippen molar-refractivity contribution in [2.45, 2.75) is 73.0 Å². The number of carbonyl (C=O) groups excluding carboxylic acids is 3. The van der Waals surface area contributed by atoms with Gasteiger partial charge in [0.15, 0.2) is 17.3 Å². The Bertz CT molecular complexity index is 1250. The lowest BCUT2D eigenvalue weighted by atomic mass is 9.68. The zero-order chi connectivity index (χ0) is 23.9. The zero-order valence-corrected chi connectivity index (χ0v) is 20.1. The van der Waals surface area contributed by atoms with Crippen LogP contribution in [0.2, 0.25) is 0 Å². The second kappa shape index (κ2) is 7.19. The first-order valence-electron chi connectivity index (χ1n) is 11.0. The minimum Gasteiger partial charge on any atom is -0.382 e. The monoisotopic (exact) mass is 434 g/mol. The van der Waals surface area contributed by atoms with E-state index in [1.54, 1.807) is 0 Å². The van der Waals surface area contributed by atoms with Gasteiger partial charge in [-0.05, 0) is 93.0 Å². The minimum atomic E-state index is -1.56. The highest BCUT2D eigenvalue weighted by Gasteiger charge is 2.46. The molecule has 32 heavy (non-hydrogen) atoms. The third kappa shape index (κ3) is 2.74. The van der Waals surface area contributed by atoms with Crippen molar-refractivity contribution in [3.63, 3.8) is 0 Å². The topological polar surface area (TPSA) is 80.7 Å². The van der Waals surface area contributed by atoms with E-state index in [1.165, 1.54) is 14.0 Å². The molecule has 5 heteroatoms. The Morgan fingerprint density at radius 2 is 1.25 bits per heavy atom. The molecule has 168 valence electrons. The summed E-state index contributed by atoms with van der Waals surface area (Å²) in [6.07, 6.45) is -0.305. The van der Waals surface area contributed by atoms with Gasteiger partial charge in [0.25, 0.3) is 0 Å². The van der Waals surface area contributed by atoms with Crippen LogP contribution < -0.4 is 0 Å². The van der Waals surface area contributed by atoms with E-state index < -0.39 is 11.7 Å². The Hall–Kier alpha value is -2.63. The molecule has 0 saturated carbocycles. The van der Waals surface area contributed by atoms with E-state index in [2.05, 4.69) is 0 Å². The predicted molar refractivity (Wildman–Crippen MR) is 122 cm³/mol. The van der Waals surface area contributed by atoms with E-state index in [4.69, 9.17) is 4.74 Å². The van der Waals surface area contributed by atoms with Crippen molar-refractivity contribution in [3.05, 3.63) is 66.8 Å². The van der Waals surface area contributed by atoms with Crippen LogP contribution in [0.15, 0.2) is 0 Å². The van der Waals surface area contributed by atoms with Gasteiger partial charge in [0.1, 0.15) is 5.60 Å². The fourth-order valence-corrected chi connectivity index (χ4v) is 5.69. The van der Waals surface area contributed by atoms with Crippen LogP contribution in [-0.4, -0.2) is 35.2 Å². The summed E-state index contributed by atoms with van der Waals surface area (Å²) in [6.45, 7) is 12.8. The highest BCUT2D eigenvalue weighted by atomic mass is 16.5. The molecule has 0 aromatic heterocycles. The molecule has 0 amide bonds. The SMILES string of the molecule is COC1C[C@](O)(C(C)=O)Cc2c(C)c3c(c(C)c21)C(=O)c1c(C)c(C)c(C)c(C)c1C3=O. The summed E-state index contributed by atoms with van der Waals surface area (Å²) in [5.74, 6) is -0.623. The number of hydrogen-bond donors (Lipinski definition) is 1. The zero-order valence-electron chi connectivity index (χ0n) is 20.1. The first-order chi connectivity index (χ1) is 14.9. The highest BCUT2D eigenvalue weighted by Crippen LogP contribution is 2.46. The van der Waals surface area contributed by atoms with Gasteiger partial charge in [0, 0.05) is 42.2 Å². The van der Waals surface area contributed by atoms with Crippen LogP contribution in [0.1, 0.15) is 95.8 Å². The highest BCUT2D eigenvalue weighted by molar-refractivity contribution is 6.30. The first kappa shape index (κ1) is 22.6. The molecule has 2 atom stereocenters. The number of methoxy groups -OCH3 is 1. The second-order valence-corrected chi connectivity index (χ2v) is 9.49. The van der Waals surface area contributed by atoms with Crippen LogP contribution >= 0.6 is 0 Å². The van der Waals surface area contributed by atoms with Crippen LogP contribution in [0.4, 0.5) is 0 Å². The molecule has 1 unspecified atom stereocenters. The second-order valence-electron chi connectivity index (χ2n) is 9.49. The molecule has 5 nitrogen and oxygen atoms in total. The molecular weight excluding hydrogens is 404 g/mol. The Balaban J connectivity index is 2.10. The average Bonchev–Trinajstić information content (AvgIpc) is 2.74. The van der Waals surface area contributed by atoms with E-state index in [1.807, 2.05) is 41.5 Å². The average molecular weight is 435 g/mol. The number of ether oxygens (including phenoxy) is 1. The van der Waals surface area contributed by atoms with Crippen molar-refractivity contribution in [2.24, 2.45) is 0 Å². The molecule has 0 fully saturated rings. The number of aliphatic hydroxyl groups is 1. The number of benzene rings is 2. The van der Waals surface area contributed by atoms with E-state index >= 15 is 0 Å². The van der Waals surface area contributed by atoms with E-state index in [0.29, 0.717) is 33.4 Å². The third-order valence-corrected chi connectivity index (χ3v) is 8.03. The molecule has 2 aromatic carbocycles. The molecule has 0 spiro atoms. The molecule has 2 aliphatic rings. The largest absolute Gasteiger partial charge is 0.382 e. The summed E-state index contributed by atoms with van der Waals surface area (Å²) in [5.41, 5.74) is 6.87. The maximum atomic E-state index is 13.9. The van der Waals surface area contributed by atoms with Crippen molar-refractivity contribution in [3.8, 4) is 0 Å². The van der Waals surface area contributed by atoms with Gasteiger partial charge < -0.3 is 9.84 Å². The maximum Gasteiger partial charge on any atom is 0.195 e. The summed E-state index contributed by atoms with van der Waals surface area (Å²) in [5, 5.41) is 11.1. The molecule has 0 bridgehead atoms. The van der Waals surface area contributed by atoms with Gasteiger partial charge in [-0.15, -0.1) is 0 Å².